The predicted octanol–water partition coefficient (Wildman–Crippen LogP) is 2.76. The summed E-state index contributed by atoms with van der Waals surface area (Å²) in [6.07, 6.45) is 1.40. The number of esters is 1. The number of carbonyl (C=O) groups excluding carboxylic acids is 2. The quantitative estimate of drug-likeness (QED) is 0.387. The number of nitrogens with two attached hydrogens (primary N) is 1. The predicted molar refractivity (Wildman–Crippen MR) is 132 cm³/mol. The molecule has 3 rings (SSSR count). The van der Waals surface area contributed by atoms with Crippen LogP contribution < -0.4 is 21.9 Å². The highest BCUT2D eigenvalue weighted by atomic mass is 35.5. The zero-order valence-corrected chi connectivity index (χ0v) is 20.6. The van der Waals surface area contributed by atoms with E-state index in [1.165, 1.54) is 29.9 Å². The second-order valence-electron chi connectivity index (χ2n) is 7.50. The van der Waals surface area contributed by atoms with Gasteiger partial charge in [-0.3, -0.25) is 24.0 Å². The van der Waals surface area contributed by atoms with Crippen molar-refractivity contribution in [1.29, 1.82) is 0 Å². The first-order valence-corrected chi connectivity index (χ1v) is 11.9. The van der Waals surface area contributed by atoms with Gasteiger partial charge in [-0.25, -0.2) is 14.0 Å². The van der Waals surface area contributed by atoms with E-state index < -0.39 is 35.5 Å². The molecular weight excluding hydrogens is 503 g/mol. The number of aromatic amines is 1. The first kappa shape index (κ1) is 26.4. The molecule has 2 heterocycles. The van der Waals surface area contributed by atoms with E-state index in [2.05, 4.69) is 4.98 Å². The number of halogens is 2. The van der Waals surface area contributed by atoms with Gasteiger partial charge in [-0.15, -0.1) is 11.3 Å². The van der Waals surface area contributed by atoms with Gasteiger partial charge in [0, 0.05) is 30.3 Å². The summed E-state index contributed by atoms with van der Waals surface area (Å²) < 4.78 is 25.3. The highest BCUT2D eigenvalue weighted by molar-refractivity contribution is 7.21. The Morgan fingerprint density at radius 3 is 2.74 bits per heavy atom. The number of unbranched alkanes of at least 4 members (excludes halogenated alkanes) is 1. The number of methoxy groups -OCH3 is 1. The summed E-state index contributed by atoms with van der Waals surface area (Å²) in [5.74, 6) is -2.32. The Hall–Kier alpha value is -3.22. The summed E-state index contributed by atoms with van der Waals surface area (Å²) in [4.78, 5) is 53.6. The molecule has 0 bridgehead atoms. The molecule has 1 aromatic carbocycles. The number of H-pyrrole nitrogens is 1. The summed E-state index contributed by atoms with van der Waals surface area (Å²) in [7, 11) is 1.41. The van der Waals surface area contributed by atoms with E-state index in [0.29, 0.717) is 16.5 Å². The normalized spacial score (nSPS) is 11.1. The van der Waals surface area contributed by atoms with E-state index in [1.54, 1.807) is 0 Å². The molecule has 1 amide bonds. The average Bonchev–Trinajstić information content (AvgIpc) is 3.14. The van der Waals surface area contributed by atoms with Gasteiger partial charge in [0.05, 0.1) is 11.6 Å². The first-order valence-electron chi connectivity index (χ1n) is 10.7. The van der Waals surface area contributed by atoms with Gasteiger partial charge in [0.15, 0.2) is 12.3 Å². The Morgan fingerprint density at radius 2 is 2.06 bits per heavy atom. The molecule has 2 aromatic heterocycles. The molecule has 0 aliphatic carbocycles. The third kappa shape index (κ3) is 5.72. The van der Waals surface area contributed by atoms with Crippen molar-refractivity contribution in [3.63, 3.8) is 0 Å². The Kier molecular flexibility index (Phi) is 8.65. The minimum absolute atomic E-state index is 0.00832. The van der Waals surface area contributed by atoms with E-state index in [9.17, 15) is 23.6 Å². The van der Waals surface area contributed by atoms with Gasteiger partial charge >= 0.3 is 11.7 Å². The molecule has 3 N–H and O–H groups in total. The Labute approximate surface area is 208 Å². The largest absolute Gasteiger partial charge is 0.451 e. The van der Waals surface area contributed by atoms with Crippen molar-refractivity contribution in [2.45, 2.75) is 26.3 Å². The summed E-state index contributed by atoms with van der Waals surface area (Å²) in [6.45, 7) is 1.39. The number of carbonyl (C=O) groups is 2. The van der Waals surface area contributed by atoms with E-state index in [1.807, 2.05) is 6.92 Å². The van der Waals surface area contributed by atoms with Crippen molar-refractivity contribution < 1.29 is 23.5 Å². The maximum Gasteiger partial charge on any atom is 0.350 e. The van der Waals surface area contributed by atoms with Crippen molar-refractivity contribution in [3.8, 4) is 0 Å². The van der Waals surface area contributed by atoms with Crippen LogP contribution in [0.4, 0.5) is 15.9 Å². The third-order valence-electron chi connectivity index (χ3n) is 5.14. The Bertz CT molecular complexity index is 1370. The van der Waals surface area contributed by atoms with Crippen LogP contribution in [0.5, 0.6) is 0 Å². The molecule has 188 valence electrons. The molecule has 0 atom stereocenters. The fourth-order valence-electron chi connectivity index (χ4n) is 3.36. The lowest BCUT2D eigenvalue weighted by molar-refractivity contribution is -0.121. The molecule has 0 fully saturated rings. The van der Waals surface area contributed by atoms with Gasteiger partial charge in [0.2, 0.25) is 0 Å². The summed E-state index contributed by atoms with van der Waals surface area (Å²) in [6, 6.07) is 3.90. The van der Waals surface area contributed by atoms with E-state index in [4.69, 9.17) is 26.8 Å². The van der Waals surface area contributed by atoms with Gasteiger partial charge < -0.3 is 15.2 Å². The van der Waals surface area contributed by atoms with E-state index >= 15 is 0 Å². The summed E-state index contributed by atoms with van der Waals surface area (Å²) in [5.41, 5.74) is 4.33. The number of aromatic nitrogens is 2. The number of benzene rings is 1. The third-order valence-corrected chi connectivity index (χ3v) is 6.78. The zero-order valence-electron chi connectivity index (χ0n) is 19.1. The van der Waals surface area contributed by atoms with Crippen LogP contribution in [0.1, 0.15) is 29.4 Å². The number of fused-ring (bicyclic) bond motifs is 1. The van der Waals surface area contributed by atoms with Gasteiger partial charge in [-0.1, -0.05) is 24.9 Å². The van der Waals surface area contributed by atoms with Crippen LogP contribution in [0.2, 0.25) is 5.02 Å². The number of hydrogen-bond donors (Lipinski definition) is 2. The van der Waals surface area contributed by atoms with E-state index in [0.717, 1.165) is 22.7 Å². The van der Waals surface area contributed by atoms with Crippen LogP contribution in [0, 0.1) is 5.82 Å². The van der Waals surface area contributed by atoms with Gasteiger partial charge in [0.1, 0.15) is 16.5 Å². The molecule has 0 radical (unpaired) electrons. The second-order valence-corrected chi connectivity index (χ2v) is 8.93. The van der Waals surface area contributed by atoms with E-state index in [-0.39, 0.29) is 41.1 Å². The number of nitrogen functional groups attached to an aromatic ring is 1. The number of thiophene rings is 1. The van der Waals surface area contributed by atoms with Gasteiger partial charge in [-0.05, 0) is 24.6 Å². The van der Waals surface area contributed by atoms with Crippen LogP contribution in [0.25, 0.3) is 10.1 Å². The maximum atomic E-state index is 13.5. The monoisotopic (exact) mass is 526 g/mol. The van der Waals surface area contributed by atoms with Crippen LogP contribution in [0.15, 0.2) is 27.8 Å². The fourth-order valence-corrected chi connectivity index (χ4v) is 4.79. The molecule has 0 aliphatic rings. The number of anilines is 2. The lowest BCUT2D eigenvalue weighted by Gasteiger charge is -2.24. The topological polar surface area (TPSA) is 137 Å². The van der Waals surface area contributed by atoms with Crippen molar-refractivity contribution in [2.75, 3.05) is 37.5 Å². The molecule has 3 aromatic rings. The lowest BCUT2D eigenvalue weighted by atomic mass is 10.2. The Morgan fingerprint density at radius 1 is 1.31 bits per heavy atom. The molecule has 35 heavy (non-hydrogen) atoms. The summed E-state index contributed by atoms with van der Waals surface area (Å²) in [5, 5.41) is 0.564. The van der Waals surface area contributed by atoms with Crippen LogP contribution in [0.3, 0.4) is 0 Å². The van der Waals surface area contributed by atoms with Crippen molar-refractivity contribution >= 4 is 56.4 Å². The highest BCUT2D eigenvalue weighted by Gasteiger charge is 2.26. The van der Waals surface area contributed by atoms with Crippen molar-refractivity contribution in [1.82, 2.24) is 9.55 Å². The van der Waals surface area contributed by atoms with Crippen LogP contribution >= 0.6 is 22.9 Å². The van der Waals surface area contributed by atoms with Crippen molar-refractivity contribution in [2.24, 2.45) is 0 Å². The number of rotatable bonds is 10. The molecule has 0 saturated heterocycles. The number of ether oxygens (including phenoxy) is 2. The maximum absolute atomic E-state index is 13.5. The number of nitrogens with one attached hydrogen (secondary N) is 1. The first-order chi connectivity index (χ1) is 16.7. The number of nitrogens with zero attached hydrogens (tertiary/aromatic N) is 2. The molecule has 0 aliphatic heterocycles. The molecule has 0 spiro atoms. The molecule has 10 nitrogen and oxygen atoms in total. The van der Waals surface area contributed by atoms with Crippen LogP contribution in [-0.2, 0) is 20.8 Å². The molecule has 0 saturated carbocycles. The standard InChI is InChI=1S/C22H24ClFN4O6S/c1-3-4-7-28-19(25)17(20(30)26-22(28)32)27(8-9-33-2)15(29)11-34-21(31)18-16(23)13-6-5-12(24)10-14(13)35-18/h5-6,10H,3-4,7-9,11,25H2,1-2H3,(H,26,30,32). The molecule has 0 unspecified atom stereocenters. The minimum Gasteiger partial charge on any atom is -0.451 e. The molecule has 13 heteroatoms. The number of hydrogen-bond acceptors (Lipinski definition) is 8. The molecular formula is C22H24ClFN4O6S. The smallest absolute Gasteiger partial charge is 0.350 e. The van der Waals surface area contributed by atoms with Gasteiger partial charge in [0.25, 0.3) is 11.5 Å². The SMILES string of the molecule is CCCCn1c(N)c(N(CCOC)C(=O)COC(=O)c2sc3cc(F)ccc3c2Cl)c(=O)[nH]c1=O. The van der Waals surface area contributed by atoms with Crippen molar-refractivity contribution in [3.05, 3.63) is 54.8 Å². The summed E-state index contributed by atoms with van der Waals surface area (Å²) >= 11 is 7.17. The lowest BCUT2D eigenvalue weighted by Crippen LogP contribution is -2.44. The van der Waals surface area contributed by atoms with Crippen LogP contribution in [-0.4, -0.2) is 48.3 Å². The fraction of sp³-hybridized carbons (Fsp3) is 0.364. The highest BCUT2D eigenvalue weighted by Crippen LogP contribution is 2.36. The minimum atomic E-state index is -0.883. The average molecular weight is 527 g/mol. The second kappa shape index (κ2) is 11.5. The zero-order chi connectivity index (χ0) is 25.7. The van der Waals surface area contributed by atoms with Gasteiger partial charge in [-0.2, -0.15) is 0 Å². The Balaban J connectivity index is 1.86. The number of amides is 1.